The number of ether oxygens (including phenoxy) is 1. The molecule has 2 heterocycles. The molecule has 0 saturated carbocycles. The van der Waals surface area contributed by atoms with Crippen molar-refractivity contribution in [2.45, 2.75) is 20.0 Å². The van der Waals surface area contributed by atoms with E-state index in [-0.39, 0.29) is 6.10 Å². The molecule has 0 aliphatic carbocycles. The largest absolute Gasteiger partial charge is 0.368 e. The summed E-state index contributed by atoms with van der Waals surface area (Å²) in [5.41, 5.74) is 4.85. The van der Waals surface area contributed by atoms with Crippen LogP contribution in [0.1, 0.15) is 22.2 Å². The molecule has 1 aliphatic rings. The van der Waals surface area contributed by atoms with E-state index in [1.54, 1.807) is 11.3 Å². The van der Waals surface area contributed by atoms with Crippen LogP contribution in [0.4, 0.5) is 0 Å². The molecule has 2 aromatic rings. The van der Waals surface area contributed by atoms with Crippen molar-refractivity contribution in [3.05, 3.63) is 39.7 Å². The highest BCUT2D eigenvalue weighted by Crippen LogP contribution is 2.29. The third-order valence-electron chi connectivity index (χ3n) is 3.38. The quantitative estimate of drug-likeness (QED) is 0.914. The Morgan fingerprint density at radius 2 is 2.26 bits per heavy atom. The van der Waals surface area contributed by atoms with E-state index in [1.165, 1.54) is 16.7 Å². The normalized spacial score (nSPS) is 19.6. The maximum absolute atomic E-state index is 5.75. The van der Waals surface area contributed by atoms with Gasteiger partial charge in [0.25, 0.3) is 0 Å². The topological polar surface area (TPSA) is 34.1 Å². The van der Waals surface area contributed by atoms with Gasteiger partial charge in [-0.3, -0.25) is 0 Å². The van der Waals surface area contributed by atoms with Crippen LogP contribution in [-0.4, -0.2) is 24.7 Å². The van der Waals surface area contributed by atoms with Gasteiger partial charge in [0.2, 0.25) is 0 Å². The molecular weight excluding hydrogens is 256 g/mol. The smallest absolute Gasteiger partial charge is 0.124 e. The fraction of sp³-hybridized carbons (Fsp3) is 0.400. The molecule has 1 fully saturated rings. The SMILES string of the molecule is Cc1ccc(-c2csc(C3CNCCO3)n2)c(C)c1. The number of aromatic nitrogens is 1. The standard InChI is InChI=1S/C15H18N2OS/c1-10-3-4-12(11(2)7-10)13-9-19-15(17-13)14-8-16-5-6-18-14/h3-4,7,9,14,16H,5-6,8H2,1-2H3. The van der Waals surface area contributed by atoms with Crippen molar-refractivity contribution >= 4 is 11.3 Å². The van der Waals surface area contributed by atoms with E-state index in [9.17, 15) is 0 Å². The highest BCUT2D eigenvalue weighted by atomic mass is 32.1. The maximum atomic E-state index is 5.75. The van der Waals surface area contributed by atoms with Crippen molar-refractivity contribution in [2.24, 2.45) is 0 Å². The van der Waals surface area contributed by atoms with E-state index >= 15 is 0 Å². The van der Waals surface area contributed by atoms with Gasteiger partial charge in [0.15, 0.2) is 0 Å². The van der Waals surface area contributed by atoms with Gasteiger partial charge in [0.1, 0.15) is 11.1 Å². The molecule has 0 amide bonds. The molecule has 1 aliphatic heterocycles. The van der Waals surface area contributed by atoms with Gasteiger partial charge in [0.05, 0.1) is 12.3 Å². The first-order valence-corrected chi connectivity index (χ1v) is 7.47. The fourth-order valence-electron chi connectivity index (χ4n) is 2.38. The van der Waals surface area contributed by atoms with Crippen LogP contribution in [0.3, 0.4) is 0 Å². The molecule has 1 unspecified atom stereocenters. The fourth-order valence-corrected chi connectivity index (χ4v) is 3.25. The molecule has 4 heteroatoms. The zero-order valence-corrected chi connectivity index (χ0v) is 12.1. The van der Waals surface area contributed by atoms with Crippen molar-refractivity contribution in [3.8, 4) is 11.3 Å². The van der Waals surface area contributed by atoms with Crippen LogP contribution in [0.15, 0.2) is 23.6 Å². The van der Waals surface area contributed by atoms with Gasteiger partial charge in [0, 0.05) is 24.0 Å². The average Bonchev–Trinajstić information content (AvgIpc) is 2.89. The Hall–Kier alpha value is -1.23. The maximum Gasteiger partial charge on any atom is 0.124 e. The highest BCUT2D eigenvalue weighted by Gasteiger charge is 2.19. The summed E-state index contributed by atoms with van der Waals surface area (Å²) in [5, 5.41) is 6.54. The minimum Gasteiger partial charge on any atom is -0.368 e. The van der Waals surface area contributed by atoms with E-state index in [2.05, 4.69) is 42.7 Å². The van der Waals surface area contributed by atoms with Crippen molar-refractivity contribution in [2.75, 3.05) is 19.7 Å². The number of nitrogens with one attached hydrogen (secondary N) is 1. The van der Waals surface area contributed by atoms with Gasteiger partial charge >= 0.3 is 0 Å². The minimum absolute atomic E-state index is 0.109. The summed E-state index contributed by atoms with van der Waals surface area (Å²) in [6.45, 7) is 6.82. The van der Waals surface area contributed by atoms with E-state index in [1.807, 2.05) is 0 Å². The lowest BCUT2D eigenvalue weighted by Crippen LogP contribution is -2.33. The Kier molecular flexibility index (Phi) is 3.64. The Morgan fingerprint density at radius 3 is 3.00 bits per heavy atom. The number of hydrogen-bond acceptors (Lipinski definition) is 4. The second-order valence-electron chi connectivity index (χ2n) is 4.95. The number of benzene rings is 1. The lowest BCUT2D eigenvalue weighted by Gasteiger charge is -2.21. The molecule has 1 aromatic carbocycles. The number of aryl methyl sites for hydroxylation is 2. The second kappa shape index (κ2) is 5.41. The Labute approximate surface area is 117 Å². The predicted molar refractivity (Wildman–Crippen MR) is 78.6 cm³/mol. The van der Waals surface area contributed by atoms with Crippen LogP contribution in [0.5, 0.6) is 0 Å². The predicted octanol–water partition coefficient (Wildman–Crippen LogP) is 3.09. The van der Waals surface area contributed by atoms with Gasteiger partial charge in [-0.2, -0.15) is 0 Å². The Balaban J connectivity index is 1.87. The molecule has 0 bridgehead atoms. The molecule has 100 valence electrons. The van der Waals surface area contributed by atoms with Crippen LogP contribution >= 0.6 is 11.3 Å². The van der Waals surface area contributed by atoms with E-state index in [0.29, 0.717) is 0 Å². The number of rotatable bonds is 2. The number of hydrogen-bond donors (Lipinski definition) is 1. The summed E-state index contributed by atoms with van der Waals surface area (Å²) in [6.07, 6.45) is 0.109. The molecule has 1 N–H and O–H groups in total. The summed E-state index contributed by atoms with van der Waals surface area (Å²) in [6, 6.07) is 6.50. The first kappa shape index (κ1) is 12.8. The summed E-state index contributed by atoms with van der Waals surface area (Å²) in [4.78, 5) is 4.75. The van der Waals surface area contributed by atoms with Crippen molar-refractivity contribution < 1.29 is 4.74 Å². The summed E-state index contributed by atoms with van der Waals surface area (Å²) < 4.78 is 5.75. The monoisotopic (exact) mass is 274 g/mol. The van der Waals surface area contributed by atoms with Crippen molar-refractivity contribution in [1.29, 1.82) is 0 Å². The summed E-state index contributed by atoms with van der Waals surface area (Å²) in [7, 11) is 0. The number of nitrogens with zero attached hydrogens (tertiary/aromatic N) is 1. The average molecular weight is 274 g/mol. The van der Waals surface area contributed by atoms with Crippen LogP contribution < -0.4 is 5.32 Å². The molecule has 0 spiro atoms. The summed E-state index contributed by atoms with van der Waals surface area (Å²) >= 11 is 1.69. The van der Waals surface area contributed by atoms with E-state index in [0.717, 1.165) is 30.4 Å². The molecular formula is C15H18N2OS. The molecule has 1 aromatic heterocycles. The minimum atomic E-state index is 0.109. The molecule has 3 nitrogen and oxygen atoms in total. The lowest BCUT2D eigenvalue weighted by atomic mass is 10.0. The van der Waals surface area contributed by atoms with E-state index in [4.69, 9.17) is 9.72 Å². The van der Waals surface area contributed by atoms with Crippen LogP contribution in [0.2, 0.25) is 0 Å². The molecule has 1 atom stereocenters. The van der Waals surface area contributed by atoms with Gasteiger partial charge < -0.3 is 10.1 Å². The van der Waals surface area contributed by atoms with Crippen LogP contribution in [0, 0.1) is 13.8 Å². The Morgan fingerprint density at radius 1 is 1.37 bits per heavy atom. The van der Waals surface area contributed by atoms with Gasteiger partial charge in [-0.05, 0) is 19.4 Å². The first-order chi connectivity index (χ1) is 9.24. The Bertz CT molecular complexity index is 573. The van der Waals surface area contributed by atoms with Gasteiger partial charge in [-0.15, -0.1) is 11.3 Å². The summed E-state index contributed by atoms with van der Waals surface area (Å²) in [5.74, 6) is 0. The van der Waals surface area contributed by atoms with Gasteiger partial charge in [-0.25, -0.2) is 4.98 Å². The molecule has 3 rings (SSSR count). The third-order valence-corrected chi connectivity index (χ3v) is 4.32. The highest BCUT2D eigenvalue weighted by molar-refractivity contribution is 7.10. The zero-order valence-electron chi connectivity index (χ0n) is 11.3. The third kappa shape index (κ3) is 2.71. The zero-order chi connectivity index (χ0) is 13.2. The second-order valence-corrected chi connectivity index (χ2v) is 5.84. The van der Waals surface area contributed by atoms with Crippen molar-refractivity contribution in [3.63, 3.8) is 0 Å². The molecule has 0 radical (unpaired) electrons. The van der Waals surface area contributed by atoms with Gasteiger partial charge in [-0.1, -0.05) is 23.8 Å². The number of morpholine rings is 1. The lowest BCUT2D eigenvalue weighted by molar-refractivity contribution is 0.0276. The van der Waals surface area contributed by atoms with E-state index < -0.39 is 0 Å². The van der Waals surface area contributed by atoms with Crippen LogP contribution in [-0.2, 0) is 4.74 Å². The number of thiazole rings is 1. The first-order valence-electron chi connectivity index (χ1n) is 6.59. The molecule has 19 heavy (non-hydrogen) atoms. The van der Waals surface area contributed by atoms with Crippen molar-refractivity contribution in [1.82, 2.24) is 10.3 Å². The van der Waals surface area contributed by atoms with Crippen LogP contribution in [0.25, 0.3) is 11.3 Å². The molecule has 1 saturated heterocycles.